The summed E-state index contributed by atoms with van der Waals surface area (Å²) in [7, 11) is 0. The van der Waals surface area contributed by atoms with E-state index in [0.29, 0.717) is 0 Å². The van der Waals surface area contributed by atoms with Gasteiger partial charge >= 0.3 is 6.18 Å². The van der Waals surface area contributed by atoms with Crippen LogP contribution in [0, 0.1) is 0 Å². The average Bonchev–Trinajstić information content (AvgIpc) is 1.81. The lowest BCUT2D eigenvalue weighted by Gasteiger charge is -2.04. The molecule has 0 fully saturated rings. The van der Waals surface area contributed by atoms with Crippen LogP contribution in [0.15, 0.2) is 0 Å². The molecule has 3 nitrogen and oxygen atoms in total. The summed E-state index contributed by atoms with van der Waals surface area (Å²) in [5.41, 5.74) is 0. The van der Waals surface area contributed by atoms with Crippen LogP contribution < -0.4 is 5.32 Å². The van der Waals surface area contributed by atoms with E-state index in [-0.39, 0.29) is 6.29 Å². The van der Waals surface area contributed by atoms with Gasteiger partial charge in [0.25, 0.3) is 5.91 Å². The molecule has 6 heteroatoms. The van der Waals surface area contributed by atoms with Crippen molar-refractivity contribution in [3.63, 3.8) is 0 Å². The van der Waals surface area contributed by atoms with E-state index < -0.39 is 18.6 Å². The smallest absolute Gasteiger partial charge is 0.341 e. The first kappa shape index (κ1) is 8.93. The Hall–Kier alpha value is -1.07. The highest BCUT2D eigenvalue weighted by Gasteiger charge is 2.27. The standard InChI is InChI=1S/C4H4F3NO2/c5-4(6,7)2-8-3(10)1-9/h1H,2H2,(H,8,10). The lowest BCUT2D eigenvalue weighted by atomic mass is 10.6. The highest BCUT2D eigenvalue weighted by Crippen LogP contribution is 2.11. The van der Waals surface area contributed by atoms with E-state index in [2.05, 4.69) is 0 Å². The summed E-state index contributed by atoms with van der Waals surface area (Å²) in [6.45, 7) is -1.47. The van der Waals surface area contributed by atoms with Gasteiger partial charge in [0, 0.05) is 0 Å². The zero-order valence-electron chi connectivity index (χ0n) is 4.73. The fraction of sp³-hybridized carbons (Fsp3) is 0.500. The van der Waals surface area contributed by atoms with Crippen LogP contribution in [0.5, 0.6) is 0 Å². The van der Waals surface area contributed by atoms with Crippen molar-refractivity contribution in [1.29, 1.82) is 0 Å². The number of aldehydes is 1. The van der Waals surface area contributed by atoms with Crippen LogP contribution in [0.25, 0.3) is 0 Å². The number of hydrogen-bond acceptors (Lipinski definition) is 2. The number of alkyl halides is 3. The Kier molecular flexibility index (Phi) is 2.85. The number of rotatable bonds is 2. The van der Waals surface area contributed by atoms with E-state index in [4.69, 9.17) is 0 Å². The van der Waals surface area contributed by atoms with Gasteiger partial charge in [-0.2, -0.15) is 13.2 Å². The van der Waals surface area contributed by atoms with Gasteiger partial charge in [-0.1, -0.05) is 0 Å². The minimum absolute atomic E-state index is 0.217. The number of hydrogen-bond donors (Lipinski definition) is 1. The third-order valence-corrected chi connectivity index (χ3v) is 0.570. The Balaban J connectivity index is 3.55. The second kappa shape index (κ2) is 3.19. The molecule has 0 aromatic rings. The van der Waals surface area contributed by atoms with Gasteiger partial charge in [0.15, 0.2) is 0 Å². The largest absolute Gasteiger partial charge is 0.405 e. The highest BCUT2D eigenvalue weighted by molar-refractivity contribution is 6.23. The molecule has 0 spiro atoms. The first-order valence-electron chi connectivity index (χ1n) is 2.25. The Morgan fingerprint density at radius 2 is 2.00 bits per heavy atom. The van der Waals surface area contributed by atoms with E-state index in [1.54, 1.807) is 0 Å². The van der Waals surface area contributed by atoms with Gasteiger partial charge in [-0.15, -0.1) is 0 Å². The van der Waals surface area contributed by atoms with Crippen LogP contribution in [-0.4, -0.2) is 24.9 Å². The summed E-state index contributed by atoms with van der Waals surface area (Å²) in [5, 5.41) is 1.34. The average molecular weight is 155 g/mol. The second-order valence-corrected chi connectivity index (χ2v) is 1.45. The molecule has 0 saturated carbocycles. The maximum atomic E-state index is 11.2. The quantitative estimate of drug-likeness (QED) is 0.445. The summed E-state index contributed by atoms with van der Waals surface area (Å²) in [5.74, 6) is -1.27. The van der Waals surface area contributed by atoms with Crippen LogP contribution in [0.1, 0.15) is 0 Å². The monoisotopic (exact) mass is 155 g/mol. The van der Waals surface area contributed by atoms with E-state index in [9.17, 15) is 22.8 Å². The second-order valence-electron chi connectivity index (χ2n) is 1.45. The van der Waals surface area contributed by atoms with Crippen molar-refractivity contribution in [2.24, 2.45) is 0 Å². The molecule has 0 aliphatic rings. The molecule has 0 rings (SSSR count). The number of carbonyl (C=O) groups is 2. The Labute approximate surface area is 54.2 Å². The summed E-state index contributed by atoms with van der Waals surface area (Å²) < 4.78 is 33.7. The van der Waals surface area contributed by atoms with Crippen LogP contribution >= 0.6 is 0 Å². The number of amides is 1. The van der Waals surface area contributed by atoms with Crippen LogP contribution in [-0.2, 0) is 9.59 Å². The van der Waals surface area contributed by atoms with E-state index in [0.717, 1.165) is 0 Å². The van der Waals surface area contributed by atoms with E-state index >= 15 is 0 Å². The van der Waals surface area contributed by atoms with Crippen molar-refractivity contribution in [2.75, 3.05) is 6.54 Å². The molecule has 0 unspecified atom stereocenters. The van der Waals surface area contributed by atoms with Crippen molar-refractivity contribution < 1.29 is 22.8 Å². The first-order chi connectivity index (χ1) is 4.45. The van der Waals surface area contributed by atoms with Crippen molar-refractivity contribution in [1.82, 2.24) is 5.32 Å². The maximum absolute atomic E-state index is 11.2. The minimum atomic E-state index is -4.46. The molecule has 1 N–H and O–H groups in total. The lowest BCUT2D eigenvalue weighted by molar-refractivity contribution is -0.141. The third-order valence-electron chi connectivity index (χ3n) is 0.570. The van der Waals surface area contributed by atoms with Crippen molar-refractivity contribution in [3.8, 4) is 0 Å². The van der Waals surface area contributed by atoms with Gasteiger partial charge in [0.2, 0.25) is 6.29 Å². The minimum Gasteiger partial charge on any atom is -0.341 e. The first-order valence-corrected chi connectivity index (χ1v) is 2.25. The molecule has 0 aliphatic heterocycles. The Bertz CT molecular complexity index is 142. The Morgan fingerprint density at radius 3 is 2.30 bits per heavy atom. The van der Waals surface area contributed by atoms with E-state index in [1.165, 1.54) is 5.32 Å². The van der Waals surface area contributed by atoms with Crippen LogP contribution in [0.4, 0.5) is 13.2 Å². The van der Waals surface area contributed by atoms with E-state index in [1.807, 2.05) is 0 Å². The molecular weight excluding hydrogens is 151 g/mol. The predicted octanol–water partition coefficient (Wildman–Crippen LogP) is -0.136. The molecule has 10 heavy (non-hydrogen) atoms. The van der Waals surface area contributed by atoms with Gasteiger partial charge in [-0.3, -0.25) is 9.59 Å². The molecule has 0 aliphatic carbocycles. The SMILES string of the molecule is O=CC(=O)NCC(F)(F)F. The topological polar surface area (TPSA) is 46.2 Å². The number of nitrogens with one attached hydrogen (secondary N) is 1. The fourth-order valence-electron chi connectivity index (χ4n) is 0.229. The summed E-state index contributed by atoms with van der Waals surface area (Å²) in [6, 6.07) is 0. The van der Waals surface area contributed by atoms with Crippen LogP contribution in [0.2, 0.25) is 0 Å². The fourth-order valence-corrected chi connectivity index (χ4v) is 0.229. The molecule has 0 atom stereocenters. The summed E-state index contributed by atoms with van der Waals surface area (Å²) in [6.07, 6.45) is -4.68. The summed E-state index contributed by atoms with van der Waals surface area (Å²) in [4.78, 5) is 19.3. The lowest BCUT2D eigenvalue weighted by Crippen LogP contribution is -2.34. The summed E-state index contributed by atoms with van der Waals surface area (Å²) >= 11 is 0. The predicted molar refractivity (Wildman–Crippen MR) is 25.1 cm³/mol. The molecule has 0 bridgehead atoms. The third kappa shape index (κ3) is 5.07. The molecule has 58 valence electrons. The van der Waals surface area contributed by atoms with Gasteiger partial charge in [-0.05, 0) is 0 Å². The van der Waals surface area contributed by atoms with Crippen molar-refractivity contribution >= 4 is 12.2 Å². The molecule has 0 saturated heterocycles. The molecular formula is C4H4F3NO2. The highest BCUT2D eigenvalue weighted by atomic mass is 19.4. The molecule has 1 amide bonds. The van der Waals surface area contributed by atoms with Crippen molar-refractivity contribution in [3.05, 3.63) is 0 Å². The number of halogens is 3. The normalized spacial score (nSPS) is 10.7. The zero-order valence-corrected chi connectivity index (χ0v) is 4.73. The van der Waals surface area contributed by atoms with Gasteiger partial charge < -0.3 is 5.32 Å². The molecule has 0 aromatic carbocycles. The maximum Gasteiger partial charge on any atom is 0.405 e. The van der Waals surface area contributed by atoms with Crippen molar-refractivity contribution in [2.45, 2.75) is 6.18 Å². The molecule has 0 heterocycles. The number of carbonyl (C=O) groups excluding carboxylic acids is 2. The molecule has 0 radical (unpaired) electrons. The molecule has 0 aromatic heterocycles. The Morgan fingerprint density at radius 1 is 1.50 bits per heavy atom. The zero-order chi connectivity index (χ0) is 8.20. The van der Waals surface area contributed by atoms with Gasteiger partial charge in [0.05, 0.1) is 0 Å². The van der Waals surface area contributed by atoms with Gasteiger partial charge in [0.1, 0.15) is 6.54 Å². The van der Waals surface area contributed by atoms with Gasteiger partial charge in [-0.25, -0.2) is 0 Å². The van der Waals surface area contributed by atoms with Crippen LogP contribution in [0.3, 0.4) is 0 Å².